The van der Waals surface area contributed by atoms with Gasteiger partial charge < -0.3 is 15.1 Å². The average molecular weight is 321 g/mol. The quantitative estimate of drug-likeness (QED) is 0.914. The molecule has 1 amide bonds. The van der Waals surface area contributed by atoms with Gasteiger partial charge >= 0.3 is 0 Å². The lowest BCUT2D eigenvalue weighted by Crippen LogP contribution is -2.38. The Morgan fingerprint density at radius 2 is 1.86 bits per heavy atom. The number of nitrogens with zero attached hydrogens (tertiary/aromatic N) is 1. The van der Waals surface area contributed by atoms with E-state index < -0.39 is 0 Å². The third-order valence-corrected chi connectivity index (χ3v) is 4.38. The van der Waals surface area contributed by atoms with E-state index in [9.17, 15) is 4.79 Å². The van der Waals surface area contributed by atoms with Crippen molar-refractivity contribution in [3.8, 4) is 0 Å². The summed E-state index contributed by atoms with van der Waals surface area (Å²) in [5.41, 5.74) is 6.64. The lowest BCUT2D eigenvalue weighted by molar-refractivity contribution is 0.0692. The Labute approximate surface area is 135 Å². The van der Waals surface area contributed by atoms with Crippen molar-refractivity contribution in [1.82, 2.24) is 4.90 Å². The molecule has 1 aromatic heterocycles. The monoisotopic (exact) mass is 320 g/mol. The molecule has 0 aliphatic rings. The molecule has 0 bridgehead atoms. The summed E-state index contributed by atoms with van der Waals surface area (Å²) < 4.78 is 5.43. The first-order valence-electron chi connectivity index (χ1n) is 7.25. The van der Waals surface area contributed by atoms with Crippen molar-refractivity contribution < 1.29 is 9.21 Å². The molecule has 1 aromatic carbocycles. The van der Waals surface area contributed by atoms with Gasteiger partial charge in [-0.3, -0.25) is 4.79 Å². The van der Waals surface area contributed by atoms with Crippen LogP contribution in [0.4, 0.5) is 0 Å². The normalized spacial score (nSPS) is 13.7. The van der Waals surface area contributed by atoms with Gasteiger partial charge in [-0.25, -0.2) is 0 Å². The molecule has 2 N–H and O–H groups in total. The molecule has 0 aliphatic carbocycles. The number of carbonyl (C=O) groups is 1. The highest BCUT2D eigenvalue weighted by atomic mass is 35.5. The Hall–Kier alpha value is -1.78. The highest BCUT2D eigenvalue weighted by molar-refractivity contribution is 6.30. The third kappa shape index (κ3) is 3.51. The van der Waals surface area contributed by atoms with E-state index in [-0.39, 0.29) is 24.4 Å². The SMILES string of the molecule is C[C@@H](c1ccc(Cl)cc1)[C@H](C)N(C)C(=O)c1ccc(CN)o1. The lowest BCUT2D eigenvalue weighted by Gasteiger charge is -2.29. The number of rotatable bonds is 5. The second-order valence-electron chi connectivity index (χ2n) is 5.47. The molecule has 4 nitrogen and oxygen atoms in total. The Morgan fingerprint density at radius 1 is 1.23 bits per heavy atom. The van der Waals surface area contributed by atoms with Gasteiger partial charge in [-0.15, -0.1) is 0 Å². The van der Waals surface area contributed by atoms with Crippen molar-refractivity contribution >= 4 is 17.5 Å². The molecule has 0 unspecified atom stereocenters. The van der Waals surface area contributed by atoms with Crippen LogP contribution in [0.3, 0.4) is 0 Å². The molecule has 0 aliphatic heterocycles. The van der Waals surface area contributed by atoms with E-state index in [1.165, 1.54) is 0 Å². The summed E-state index contributed by atoms with van der Waals surface area (Å²) in [5.74, 6) is 0.955. The third-order valence-electron chi connectivity index (χ3n) is 4.12. The first-order valence-corrected chi connectivity index (χ1v) is 7.63. The van der Waals surface area contributed by atoms with Gasteiger partial charge in [0.1, 0.15) is 5.76 Å². The second kappa shape index (κ2) is 6.99. The molecule has 22 heavy (non-hydrogen) atoms. The highest BCUT2D eigenvalue weighted by Crippen LogP contribution is 2.25. The summed E-state index contributed by atoms with van der Waals surface area (Å²) in [7, 11) is 1.78. The molecule has 0 radical (unpaired) electrons. The summed E-state index contributed by atoms with van der Waals surface area (Å²) in [6.07, 6.45) is 0. The van der Waals surface area contributed by atoms with E-state index in [4.69, 9.17) is 21.8 Å². The summed E-state index contributed by atoms with van der Waals surface area (Å²) in [6.45, 7) is 4.39. The van der Waals surface area contributed by atoms with Gasteiger partial charge in [-0.2, -0.15) is 0 Å². The Balaban J connectivity index is 2.11. The van der Waals surface area contributed by atoms with Crippen LogP contribution >= 0.6 is 11.6 Å². The number of likely N-dealkylation sites (N-methyl/N-ethyl adjacent to an activating group) is 1. The summed E-state index contributed by atoms with van der Waals surface area (Å²) >= 11 is 5.92. The van der Waals surface area contributed by atoms with Gasteiger partial charge in [-0.1, -0.05) is 30.7 Å². The van der Waals surface area contributed by atoms with E-state index >= 15 is 0 Å². The largest absolute Gasteiger partial charge is 0.455 e. The molecule has 0 saturated heterocycles. The van der Waals surface area contributed by atoms with Gasteiger partial charge in [0.15, 0.2) is 5.76 Å². The molecule has 5 heteroatoms. The number of halogens is 1. The number of benzene rings is 1. The number of amides is 1. The maximum Gasteiger partial charge on any atom is 0.289 e. The van der Waals surface area contributed by atoms with E-state index in [0.29, 0.717) is 16.5 Å². The molecule has 0 spiro atoms. The first kappa shape index (κ1) is 16.6. The molecular weight excluding hydrogens is 300 g/mol. The zero-order chi connectivity index (χ0) is 16.3. The van der Waals surface area contributed by atoms with Gasteiger partial charge in [0, 0.05) is 24.0 Å². The van der Waals surface area contributed by atoms with Crippen LogP contribution in [-0.4, -0.2) is 23.9 Å². The standard InChI is InChI=1S/C17H21ClN2O2/c1-11(13-4-6-14(18)7-5-13)12(2)20(3)17(21)16-9-8-15(10-19)22-16/h4-9,11-12H,10,19H2,1-3H3/t11-,12+/m1/s1. The molecule has 2 atom stereocenters. The Morgan fingerprint density at radius 3 is 2.41 bits per heavy atom. The minimum Gasteiger partial charge on any atom is -0.455 e. The summed E-state index contributed by atoms with van der Waals surface area (Å²) in [6, 6.07) is 11.1. The predicted octanol–water partition coefficient (Wildman–Crippen LogP) is 3.66. The van der Waals surface area contributed by atoms with Crippen LogP contribution in [0, 0.1) is 0 Å². The second-order valence-corrected chi connectivity index (χ2v) is 5.90. The van der Waals surface area contributed by atoms with Gasteiger partial charge in [0.05, 0.1) is 6.54 Å². The fourth-order valence-corrected chi connectivity index (χ4v) is 2.47. The molecule has 2 rings (SSSR count). The molecule has 0 saturated carbocycles. The van der Waals surface area contributed by atoms with Crippen molar-refractivity contribution in [2.75, 3.05) is 7.05 Å². The van der Waals surface area contributed by atoms with Crippen molar-refractivity contribution in [2.45, 2.75) is 32.4 Å². The van der Waals surface area contributed by atoms with E-state index in [2.05, 4.69) is 6.92 Å². The molecular formula is C17H21ClN2O2. The van der Waals surface area contributed by atoms with Crippen molar-refractivity contribution in [2.24, 2.45) is 5.73 Å². The molecule has 2 aromatic rings. The molecule has 118 valence electrons. The molecule has 1 heterocycles. The Kier molecular flexibility index (Phi) is 5.27. The molecule has 0 fully saturated rings. The summed E-state index contributed by atoms with van der Waals surface area (Å²) in [4.78, 5) is 14.2. The van der Waals surface area contributed by atoms with E-state index in [1.807, 2.05) is 31.2 Å². The van der Waals surface area contributed by atoms with Crippen molar-refractivity contribution in [3.63, 3.8) is 0 Å². The van der Waals surface area contributed by atoms with Crippen LogP contribution in [0.5, 0.6) is 0 Å². The number of hydrogen-bond acceptors (Lipinski definition) is 3. The van der Waals surface area contributed by atoms with Crippen LogP contribution < -0.4 is 5.73 Å². The van der Waals surface area contributed by atoms with Crippen LogP contribution in [-0.2, 0) is 6.54 Å². The van der Waals surface area contributed by atoms with Crippen LogP contribution in [0.25, 0.3) is 0 Å². The zero-order valence-corrected chi connectivity index (χ0v) is 13.8. The van der Waals surface area contributed by atoms with E-state index in [0.717, 1.165) is 5.56 Å². The maximum atomic E-state index is 12.5. The van der Waals surface area contributed by atoms with E-state index in [1.54, 1.807) is 24.1 Å². The minimum absolute atomic E-state index is 0.0140. The zero-order valence-electron chi connectivity index (χ0n) is 13.0. The fraction of sp³-hybridized carbons (Fsp3) is 0.353. The minimum atomic E-state index is -0.145. The van der Waals surface area contributed by atoms with Crippen LogP contribution in [0.15, 0.2) is 40.8 Å². The van der Waals surface area contributed by atoms with Gasteiger partial charge in [0.25, 0.3) is 5.91 Å². The van der Waals surface area contributed by atoms with Gasteiger partial charge in [0.2, 0.25) is 0 Å². The number of hydrogen-bond donors (Lipinski definition) is 1. The highest BCUT2D eigenvalue weighted by Gasteiger charge is 2.25. The van der Waals surface area contributed by atoms with Crippen LogP contribution in [0.2, 0.25) is 5.02 Å². The maximum absolute atomic E-state index is 12.5. The van der Waals surface area contributed by atoms with Gasteiger partial charge in [-0.05, 0) is 36.8 Å². The first-order chi connectivity index (χ1) is 10.4. The number of carbonyl (C=O) groups excluding carboxylic acids is 1. The number of nitrogens with two attached hydrogens (primary N) is 1. The fourth-order valence-electron chi connectivity index (χ4n) is 2.34. The smallest absolute Gasteiger partial charge is 0.289 e. The van der Waals surface area contributed by atoms with Crippen LogP contribution in [0.1, 0.15) is 41.6 Å². The van der Waals surface area contributed by atoms with Crippen molar-refractivity contribution in [1.29, 1.82) is 0 Å². The average Bonchev–Trinajstić information content (AvgIpc) is 3.01. The van der Waals surface area contributed by atoms with Crippen molar-refractivity contribution in [3.05, 3.63) is 58.5 Å². The predicted molar refractivity (Wildman–Crippen MR) is 88.0 cm³/mol. The topological polar surface area (TPSA) is 59.5 Å². The Bertz CT molecular complexity index is 636. The summed E-state index contributed by atoms with van der Waals surface area (Å²) in [5, 5.41) is 0.706. The lowest BCUT2D eigenvalue weighted by atomic mass is 9.93. The number of furan rings is 1.